The van der Waals surface area contributed by atoms with Crippen LogP contribution in [0.15, 0.2) is 29.1 Å². The lowest BCUT2D eigenvalue weighted by molar-refractivity contribution is 0.146. The van der Waals surface area contributed by atoms with Crippen molar-refractivity contribution in [2.75, 3.05) is 12.4 Å². The van der Waals surface area contributed by atoms with Crippen LogP contribution >= 0.6 is 0 Å². The van der Waals surface area contributed by atoms with E-state index in [4.69, 9.17) is 4.74 Å². The highest BCUT2D eigenvalue weighted by Gasteiger charge is 2.47. The van der Waals surface area contributed by atoms with Gasteiger partial charge in [-0.05, 0) is 18.9 Å². The summed E-state index contributed by atoms with van der Waals surface area (Å²) in [6, 6.07) is 7.65. The quantitative estimate of drug-likeness (QED) is 0.638. The largest absolute Gasteiger partial charge is 0.481 e. The van der Waals surface area contributed by atoms with Crippen LogP contribution in [-0.2, 0) is 12.0 Å². The summed E-state index contributed by atoms with van der Waals surface area (Å²) in [5, 5.41) is 12.8. The number of halogens is 3. The molecule has 4 rings (SSSR count). The van der Waals surface area contributed by atoms with Crippen LogP contribution in [0.25, 0.3) is 11.0 Å². The number of nitrogens with one attached hydrogen (secondary N) is 2. The number of ether oxygens (including phenoxy) is 1. The molecule has 0 atom stereocenters. The monoisotopic (exact) mass is 415 g/mol. The van der Waals surface area contributed by atoms with Gasteiger partial charge in [-0.3, -0.25) is 4.98 Å². The molecule has 0 aliphatic heterocycles. The van der Waals surface area contributed by atoms with Crippen molar-refractivity contribution < 1.29 is 17.9 Å². The second-order valence-corrected chi connectivity index (χ2v) is 7.00. The number of aromatic nitrogens is 3. The minimum absolute atomic E-state index is 0.000383. The summed E-state index contributed by atoms with van der Waals surface area (Å²) in [6.45, 7) is -0.178. The Morgan fingerprint density at radius 1 is 1.37 bits per heavy atom. The van der Waals surface area contributed by atoms with E-state index in [1.54, 1.807) is 6.07 Å². The predicted molar refractivity (Wildman–Crippen MR) is 102 cm³/mol. The number of fused-ring (bicyclic) bond motifs is 1. The first-order valence-corrected chi connectivity index (χ1v) is 9.08. The molecule has 1 saturated carbocycles. The van der Waals surface area contributed by atoms with Gasteiger partial charge in [0, 0.05) is 17.7 Å². The molecule has 1 fully saturated rings. The van der Waals surface area contributed by atoms with Gasteiger partial charge in [0.05, 0.1) is 29.5 Å². The normalized spacial score (nSPS) is 14.5. The number of nitrogens with zero attached hydrogens (tertiary/aromatic N) is 3. The highest BCUT2D eigenvalue weighted by molar-refractivity contribution is 5.88. The molecule has 0 bridgehead atoms. The Morgan fingerprint density at radius 3 is 2.77 bits per heavy atom. The van der Waals surface area contributed by atoms with Crippen LogP contribution in [0.1, 0.15) is 36.0 Å². The molecule has 2 aromatic heterocycles. The summed E-state index contributed by atoms with van der Waals surface area (Å²) in [6.07, 6.45) is -1.64. The van der Waals surface area contributed by atoms with Crippen molar-refractivity contribution in [1.82, 2.24) is 15.0 Å². The molecule has 7 nitrogen and oxygen atoms in total. The average Bonchev–Trinajstić information content (AvgIpc) is 3.52. The molecule has 2 N–H and O–H groups in total. The van der Waals surface area contributed by atoms with Crippen LogP contribution in [-0.4, -0.2) is 22.1 Å². The highest BCUT2D eigenvalue weighted by atomic mass is 19.3. The number of pyridine rings is 1. The third kappa shape index (κ3) is 3.32. The predicted octanol–water partition coefficient (Wildman–Crippen LogP) is 3.57. The molecular formula is C20H16F3N5O2. The molecule has 0 unspecified atom stereocenters. The van der Waals surface area contributed by atoms with Crippen molar-refractivity contribution >= 4 is 16.9 Å². The molecule has 10 heteroatoms. The SMILES string of the molecule is COc1nc2[nH]c(=O)nc(NCc3cccc(C(F)F)c3F)c2cc1C1(C#N)CC1. The number of anilines is 1. The smallest absolute Gasteiger partial charge is 0.348 e. The third-order valence-corrected chi connectivity index (χ3v) is 5.14. The third-order valence-electron chi connectivity index (χ3n) is 5.14. The molecule has 3 aromatic rings. The molecule has 1 aromatic carbocycles. The number of aromatic amines is 1. The van der Waals surface area contributed by atoms with Gasteiger partial charge in [0.15, 0.2) is 0 Å². The van der Waals surface area contributed by atoms with E-state index in [0.717, 1.165) is 6.07 Å². The first-order valence-electron chi connectivity index (χ1n) is 9.08. The second kappa shape index (κ2) is 7.33. The minimum atomic E-state index is -2.94. The standard InChI is InChI=1S/C20H16F3N5O2/c1-30-18-13(20(9-24)5-6-20)7-12-16(27-19(29)28-17(12)26-18)25-8-10-3-2-4-11(14(10)21)15(22)23/h2-4,7,15H,5-6,8H2,1H3,(H2,25,26,27,28,29). The summed E-state index contributed by atoms with van der Waals surface area (Å²) >= 11 is 0. The molecule has 30 heavy (non-hydrogen) atoms. The van der Waals surface area contributed by atoms with Gasteiger partial charge in [0.1, 0.15) is 17.3 Å². The van der Waals surface area contributed by atoms with Gasteiger partial charge in [0.25, 0.3) is 6.43 Å². The van der Waals surface area contributed by atoms with Crippen molar-refractivity contribution in [3.05, 3.63) is 57.3 Å². The van der Waals surface area contributed by atoms with E-state index in [1.807, 2.05) is 0 Å². The zero-order valence-corrected chi connectivity index (χ0v) is 15.8. The van der Waals surface area contributed by atoms with Crippen molar-refractivity contribution in [2.24, 2.45) is 0 Å². The van der Waals surface area contributed by atoms with E-state index in [1.165, 1.54) is 19.2 Å². The van der Waals surface area contributed by atoms with Gasteiger partial charge in [-0.25, -0.2) is 18.0 Å². The molecule has 0 amide bonds. The van der Waals surface area contributed by atoms with Crippen LogP contribution in [0.5, 0.6) is 5.88 Å². The summed E-state index contributed by atoms with van der Waals surface area (Å²) in [4.78, 5) is 22.6. The fourth-order valence-electron chi connectivity index (χ4n) is 3.35. The van der Waals surface area contributed by atoms with Crippen LogP contribution in [0.4, 0.5) is 19.0 Å². The van der Waals surface area contributed by atoms with Gasteiger partial charge in [-0.15, -0.1) is 0 Å². The lowest BCUT2D eigenvalue weighted by Crippen LogP contribution is -2.17. The van der Waals surface area contributed by atoms with E-state index in [2.05, 4.69) is 26.3 Å². The van der Waals surface area contributed by atoms with Crippen LogP contribution < -0.4 is 15.7 Å². The van der Waals surface area contributed by atoms with Gasteiger partial charge in [0.2, 0.25) is 5.88 Å². The van der Waals surface area contributed by atoms with E-state index < -0.39 is 28.9 Å². The molecule has 154 valence electrons. The lowest BCUT2D eigenvalue weighted by atomic mass is 9.98. The Labute approximate surface area is 168 Å². The Balaban J connectivity index is 1.76. The number of hydrogen-bond acceptors (Lipinski definition) is 6. The van der Waals surface area contributed by atoms with Gasteiger partial charge < -0.3 is 10.1 Å². The topological polar surface area (TPSA) is 104 Å². The summed E-state index contributed by atoms with van der Waals surface area (Å²) < 4.78 is 45.5. The van der Waals surface area contributed by atoms with Crippen molar-refractivity contribution in [3.63, 3.8) is 0 Å². The first-order chi connectivity index (χ1) is 14.4. The Morgan fingerprint density at radius 2 is 2.13 bits per heavy atom. The maximum Gasteiger partial charge on any atom is 0.348 e. The number of benzene rings is 1. The van der Waals surface area contributed by atoms with E-state index >= 15 is 0 Å². The summed E-state index contributed by atoms with van der Waals surface area (Å²) in [5.41, 5.74) is -1.36. The number of H-pyrrole nitrogens is 1. The van der Waals surface area contributed by atoms with Crippen molar-refractivity contribution in [1.29, 1.82) is 5.26 Å². The fraction of sp³-hybridized carbons (Fsp3) is 0.300. The first kappa shape index (κ1) is 19.7. The van der Waals surface area contributed by atoms with Gasteiger partial charge >= 0.3 is 5.69 Å². The number of alkyl halides is 2. The van der Waals surface area contributed by atoms with Gasteiger partial charge in [-0.1, -0.05) is 18.2 Å². The van der Waals surface area contributed by atoms with Crippen molar-refractivity contribution in [3.8, 4) is 11.9 Å². The Hall–Kier alpha value is -3.61. The Bertz CT molecular complexity index is 1230. The van der Waals surface area contributed by atoms with Crippen molar-refractivity contribution in [2.45, 2.75) is 31.2 Å². The van der Waals surface area contributed by atoms with Gasteiger partial charge in [-0.2, -0.15) is 15.2 Å². The minimum Gasteiger partial charge on any atom is -0.481 e. The van der Waals surface area contributed by atoms with E-state index in [9.17, 15) is 23.2 Å². The fourth-order valence-corrected chi connectivity index (χ4v) is 3.35. The van der Waals surface area contributed by atoms with Crippen LogP contribution in [0, 0.1) is 17.1 Å². The zero-order valence-electron chi connectivity index (χ0n) is 15.8. The molecular weight excluding hydrogens is 399 g/mol. The molecule has 0 saturated heterocycles. The van der Waals surface area contributed by atoms with Crippen LogP contribution in [0.2, 0.25) is 0 Å². The van der Waals surface area contributed by atoms with Crippen LogP contribution in [0.3, 0.4) is 0 Å². The molecule has 2 heterocycles. The second-order valence-electron chi connectivity index (χ2n) is 7.00. The highest BCUT2D eigenvalue weighted by Crippen LogP contribution is 2.51. The molecule has 0 spiro atoms. The number of methoxy groups -OCH3 is 1. The molecule has 0 radical (unpaired) electrons. The number of nitriles is 1. The molecule has 1 aliphatic carbocycles. The maximum atomic E-state index is 14.3. The Kier molecular flexibility index (Phi) is 4.81. The summed E-state index contributed by atoms with van der Waals surface area (Å²) in [7, 11) is 1.42. The number of hydrogen-bond donors (Lipinski definition) is 2. The zero-order chi connectivity index (χ0) is 21.5. The average molecular weight is 415 g/mol. The van der Waals surface area contributed by atoms with E-state index in [-0.39, 0.29) is 29.5 Å². The maximum absolute atomic E-state index is 14.3. The molecule has 1 aliphatic rings. The summed E-state index contributed by atoms with van der Waals surface area (Å²) in [5.74, 6) is -0.693. The number of rotatable bonds is 6. The van der Waals surface area contributed by atoms with E-state index in [0.29, 0.717) is 23.8 Å². The lowest BCUT2D eigenvalue weighted by Gasteiger charge is -2.15.